The van der Waals surface area contributed by atoms with E-state index in [-0.39, 0.29) is 24.3 Å². The molecule has 2 amide bonds. The SMILES string of the molecule is CCn1c(SCC(=O)NC2CCCCC2)nnc1C(CO)NC(=O)c1ccccc1Cl. The van der Waals surface area contributed by atoms with Gasteiger partial charge in [-0.1, -0.05) is 54.8 Å². The molecule has 1 aliphatic carbocycles. The summed E-state index contributed by atoms with van der Waals surface area (Å²) in [5.41, 5.74) is 0.319. The highest BCUT2D eigenvalue weighted by Gasteiger charge is 2.24. The lowest BCUT2D eigenvalue weighted by Crippen LogP contribution is -2.37. The van der Waals surface area contributed by atoms with Crippen LogP contribution < -0.4 is 10.6 Å². The first-order valence-corrected chi connectivity index (χ1v) is 11.9. The summed E-state index contributed by atoms with van der Waals surface area (Å²) in [4.78, 5) is 24.9. The van der Waals surface area contributed by atoms with Crippen molar-refractivity contribution in [2.45, 2.75) is 62.8 Å². The Balaban J connectivity index is 1.64. The van der Waals surface area contributed by atoms with Crippen molar-refractivity contribution >= 4 is 35.2 Å². The molecule has 1 aromatic carbocycles. The second-order valence-electron chi connectivity index (χ2n) is 7.46. The molecule has 1 aromatic heterocycles. The van der Waals surface area contributed by atoms with Crippen LogP contribution in [0.2, 0.25) is 5.02 Å². The Morgan fingerprint density at radius 1 is 1.26 bits per heavy atom. The summed E-state index contributed by atoms with van der Waals surface area (Å²) >= 11 is 7.39. The Hall–Kier alpha value is -2.10. The van der Waals surface area contributed by atoms with Crippen LogP contribution in [0, 0.1) is 0 Å². The Kier molecular flexibility index (Phi) is 8.74. The number of hydrogen-bond acceptors (Lipinski definition) is 6. The number of carbonyl (C=O) groups is 2. The Morgan fingerprint density at radius 3 is 2.68 bits per heavy atom. The van der Waals surface area contributed by atoms with Gasteiger partial charge in [0.2, 0.25) is 5.91 Å². The second kappa shape index (κ2) is 11.5. The summed E-state index contributed by atoms with van der Waals surface area (Å²) in [5, 5.41) is 25.0. The molecule has 0 radical (unpaired) electrons. The van der Waals surface area contributed by atoms with Gasteiger partial charge in [0.05, 0.1) is 22.9 Å². The molecule has 2 aromatic rings. The van der Waals surface area contributed by atoms with Crippen LogP contribution in [0.4, 0.5) is 0 Å². The average molecular weight is 466 g/mol. The van der Waals surface area contributed by atoms with Crippen LogP contribution in [0.5, 0.6) is 0 Å². The van der Waals surface area contributed by atoms with Gasteiger partial charge in [-0.3, -0.25) is 9.59 Å². The fourth-order valence-electron chi connectivity index (χ4n) is 3.68. The molecule has 3 N–H and O–H groups in total. The van der Waals surface area contributed by atoms with E-state index in [4.69, 9.17) is 11.6 Å². The molecule has 1 aliphatic rings. The Labute approximate surface area is 191 Å². The highest BCUT2D eigenvalue weighted by molar-refractivity contribution is 7.99. The van der Waals surface area contributed by atoms with Crippen LogP contribution in [0.3, 0.4) is 0 Å². The highest BCUT2D eigenvalue weighted by atomic mass is 35.5. The molecule has 1 saturated carbocycles. The third kappa shape index (κ3) is 6.21. The smallest absolute Gasteiger partial charge is 0.253 e. The largest absolute Gasteiger partial charge is 0.394 e. The van der Waals surface area contributed by atoms with Crippen molar-refractivity contribution in [3.05, 3.63) is 40.7 Å². The standard InChI is InChI=1S/C21H28ClN5O3S/c1-2-27-19(17(12-28)24-20(30)15-10-6-7-11-16(15)22)25-26-21(27)31-13-18(29)23-14-8-4-3-5-9-14/h6-7,10-11,14,17,28H,2-5,8-9,12-13H2,1H3,(H,23,29)(H,24,30). The number of aliphatic hydroxyl groups excluding tert-OH is 1. The number of aliphatic hydroxyl groups is 1. The summed E-state index contributed by atoms with van der Waals surface area (Å²) in [6.07, 6.45) is 5.63. The van der Waals surface area contributed by atoms with Gasteiger partial charge in [-0.2, -0.15) is 0 Å². The van der Waals surface area contributed by atoms with Gasteiger partial charge in [-0.05, 0) is 31.9 Å². The molecule has 8 nitrogen and oxygen atoms in total. The van der Waals surface area contributed by atoms with Crippen LogP contribution in [-0.2, 0) is 11.3 Å². The maximum Gasteiger partial charge on any atom is 0.253 e. The molecule has 3 rings (SSSR count). The van der Waals surface area contributed by atoms with Crippen LogP contribution >= 0.6 is 23.4 Å². The van der Waals surface area contributed by atoms with Crippen molar-refractivity contribution in [1.82, 2.24) is 25.4 Å². The van der Waals surface area contributed by atoms with Crippen molar-refractivity contribution in [3.8, 4) is 0 Å². The number of nitrogens with one attached hydrogen (secondary N) is 2. The minimum Gasteiger partial charge on any atom is -0.394 e. The summed E-state index contributed by atoms with van der Waals surface area (Å²) in [6, 6.07) is 6.22. The van der Waals surface area contributed by atoms with Gasteiger partial charge in [0, 0.05) is 12.6 Å². The van der Waals surface area contributed by atoms with Crippen LogP contribution in [0.1, 0.15) is 61.3 Å². The molecule has 10 heteroatoms. The van der Waals surface area contributed by atoms with Crippen LogP contribution in [-0.4, -0.2) is 50.1 Å². The van der Waals surface area contributed by atoms with Gasteiger partial charge in [-0.25, -0.2) is 0 Å². The summed E-state index contributed by atoms with van der Waals surface area (Å²) < 4.78 is 1.80. The van der Waals surface area contributed by atoms with Crippen molar-refractivity contribution in [2.24, 2.45) is 0 Å². The molecule has 1 atom stereocenters. The van der Waals surface area contributed by atoms with Crippen molar-refractivity contribution in [2.75, 3.05) is 12.4 Å². The van der Waals surface area contributed by atoms with E-state index in [1.54, 1.807) is 28.8 Å². The fraction of sp³-hybridized carbons (Fsp3) is 0.524. The zero-order chi connectivity index (χ0) is 22.2. The van der Waals surface area contributed by atoms with Gasteiger partial charge in [-0.15, -0.1) is 10.2 Å². The van der Waals surface area contributed by atoms with E-state index in [2.05, 4.69) is 20.8 Å². The number of nitrogens with zero attached hydrogens (tertiary/aromatic N) is 3. The first-order valence-electron chi connectivity index (χ1n) is 10.5. The Bertz CT molecular complexity index is 901. The van der Waals surface area contributed by atoms with E-state index in [0.29, 0.717) is 28.1 Å². The number of hydrogen-bond donors (Lipinski definition) is 3. The number of thioether (sulfide) groups is 1. The predicted octanol–water partition coefficient (Wildman–Crippen LogP) is 2.96. The fourth-order valence-corrected chi connectivity index (χ4v) is 4.72. The number of benzene rings is 1. The quantitative estimate of drug-likeness (QED) is 0.491. The maximum absolute atomic E-state index is 12.6. The lowest BCUT2D eigenvalue weighted by molar-refractivity contribution is -0.119. The van der Waals surface area contributed by atoms with E-state index in [9.17, 15) is 14.7 Å². The number of amides is 2. The summed E-state index contributed by atoms with van der Waals surface area (Å²) in [5.74, 6) is 0.247. The average Bonchev–Trinajstić information content (AvgIpc) is 3.19. The van der Waals surface area contributed by atoms with Crippen molar-refractivity contribution in [1.29, 1.82) is 0 Å². The molecular formula is C21H28ClN5O3S. The van der Waals surface area contributed by atoms with Crippen LogP contribution in [0.25, 0.3) is 0 Å². The maximum atomic E-state index is 12.6. The molecule has 1 fully saturated rings. The summed E-state index contributed by atoms with van der Waals surface area (Å²) in [7, 11) is 0. The van der Waals surface area contributed by atoms with Crippen LogP contribution in [0.15, 0.2) is 29.4 Å². The minimum atomic E-state index is -0.748. The monoisotopic (exact) mass is 465 g/mol. The van der Waals surface area contributed by atoms with Gasteiger partial charge in [0.15, 0.2) is 11.0 Å². The third-order valence-corrected chi connectivity index (χ3v) is 6.58. The molecule has 1 unspecified atom stereocenters. The molecule has 0 bridgehead atoms. The first kappa shape index (κ1) is 23.6. The van der Waals surface area contributed by atoms with Crippen molar-refractivity contribution in [3.63, 3.8) is 0 Å². The summed E-state index contributed by atoms with van der Waals surface area (Å²) in [6.45, 7) is 2.11. The lowest BCUT2D eigenvalue weighted by Gasteiger charge is -2.22. The Morgan fingerprint density at radius 2 is 2.00 bits per heavy atom. The first-order chi connectivity index (χ1) is 15.0. The van der Waals surface area contributed by atoms with Gasteiger partial charge >= 0.3 is 0 Å². The van der Waals surface area contributed by atoms with Gasteiger partial charge in [0.1, 0.15) is 6.04 Å². The lowest BCUT2D eigenvalue weighted by atomic mass is 9.95. The van der Waals surface area contributed by atoms with Crippen molar-refractivity contribution < 1.29 is 14.7 Å². The molecule has 1 heterocycles. The van der Waals surface area contributed by atoms with E-state index in [0.717, 1.165) is 25.7 Å². The topological polar surface area (TPSA) is 109 Å². The number of aromatic nitrogens is 3. The third-order valence-electron chi connectivity index (χ3n) is 5.28. The predicted molar refractivity (Wildman–Crippen MR) is 120 cm³/mol. The number of halogens is 1. The minimum absolute atomic E-state index is 0.0187. The number of rotatable bonds is 9. The van der Waals surface area contributed by atoms with Gasteiger partial charge in [0.25, 0.3) is 5.91 Å². The highest BCUT2D eigenvalue weighted by Crippen LogP contribution is 2.23. The van der Waals surface area contributed by atoms with E-state index in [1.165, 1.54) is 18.2 Å². The van der Waals surface area contributed by atoms with E-state index < -0.39 is 11.9 Å². The molecule has 0 aliphatic heterocycles. The van der Waals surface area contributed by atoms with Gasteiger partial charge < -0.3 is 20.3 Å². The molecule has 0 saturated heterocycles. The molecule has 31 heavy (non-hydrogen) atoms. The molecule has 168 valence electrons. The zero-order valence-electron chi connectivity index (χ0n) is 17.5. The normalized spacial score (nSPS) is 15.5. The second-order valence-corrected chi connectivity index (χ2v) is 8.81. The molecular weight excluding hydrogens is 438 g/mol. The number of carbonyl (C=O) groups excluding carboxylic acids is 2. The zero-order valence-corrected chi connectivity index (χ0v) is 19.1. The molecule has 0 spiro atoms. The van der Waals surface area contributed by atoms with E-state index >= 15 is 0 Å². The van der Waals surface area contributed by atoms with E-state index in [1.807, 2.05) is 6.92 Å².